The molecule has 4 rings (SSSR count). The number of pyridine rings is 2. The number of aromatic nitrogens is 2. The predicted molar refractivity (Wildman–Crippen MR) is 158 cm³/mol. The van der Waals surface area contributed by atoms with E-state index >= 15 is 0 Å². The summed E-state index contributed by atoms with van der Waals surface area (Å²) < 4.78 is 2.04. The Balaban J connectivity index is 1.79. The Hall–Kier alpha value is -5.82. The molecule has 0 amide bonds. The predicted octanol–water partition coefficient (Wildman–Crippen LogP) is 4.98. The molecular weight excluding hydrogens is 516 g/mol. The first-order valence-corrected chi connectivity index (χ1v) is 12.6. The summed E-state index contributed by atoms with van der Waals surface area (Å²) in [5, 5.41) is 31.0. The Bertz CT molecular complexity index is 1910. The highest BCUT2D eigenvalue weighted by molar-refractivity contribution is 5.70. The van der Waals surface area contributed by atoms with Crippen LogP contribution in [0.1, 0.15) is 38.9 Å². The van der Waals surface area contributed by atoms with Crippen molar-refractivity contribution in [1.82, 2.24) is 9.13 Å². The fourth-order valence-electron chi connectivity index (χ4n) is 4.52. The summed E-state index contributed by atoms with van der Waals surface area (Å²) in [5.74, 6) is -0.686. The highest BCUT2D eigenvalue weighted by Crippen LogP contribution is 2.33. The van der Waals surface area contributed by atoms with E-state index in [0.717, 1.165) is 20.3 Å². The van der Waals surface area contributed by atoms with Gasteiger partial charge in [0, 0.05) is 25.2 Å². The maximum absolute atomic E-state index is 13.1. The molecule has 0 unspecified atom stereocenters. The monoisotopic (exact) mass is 542 g/mol. The fraction of sp³-hybridized carbons (Fsp3) is 0.121. The summed E-state index contributed by atoms with van der Waals surface area (Å²) in [7, 11) is 2.78. The molecule has 2 aromatic carbocycles. The third kappa shape index (κ3) is 5.79. The number of rotatable bonds is 7. The quantitative estimate of drug-likeness (QED) is 0.194. The van der Waals surface area contributed by atoms with Gasteiger partial charge in [-0.1, -0.05) is 66.7 Å². The van der Waals surface area contributed by atoms with Gasteiger partial charge in [0.05, 0.1) is 6.57 Å². The molecule has 2 N–H and O–H groups in total. The van der Waals surface area contributed by atoms with Crippen LogP contribution in [-0.4, -0.2) is 19.3 Å². The Morgan fingerprint density at radius 2 is 1.41 bits per heavy atom. The minimum atomic E-state index is -0.590. The Morgan fingerprint density at radius 1 is 0.854 bits per heavy atom. The Labute approximate surface area is 236 Å². The molecule has 2 heterocycles. The van der Waals surface area contributed by atoms with Crippen LogP contribution in [0.2, 0.25) is 0 Å². The second-order valence-electron chi connectivity index (χ2n) is 9.27. The van der Waals surface area contributed by atoms with Gasteiger partial charge in [0.25, 0.3) is 11.1 Å². The van der Waals surface area contributed by atoms with Crippen molar-refractivity contribution < 1.29 is 10.2 Å². The van der Waals surface area contributed by atoms with Crippen molar-refractivity contribution >= 4 is 17.8 Å². The molecule has 202 valence electrons. The number of hydrogen-bond donors (Lipinski definition) is 2. The fourth-order valence-corrected chi connectivity index (χ4v) is 4.52. The van der Waals surface area contributed by atoms with E-state index in [-0.39, 0.29) is 35.5 Å². The van der Waals surface area contributed by atoms with Crippen molar-refractivity contribution in [2.45, 2.75) is 12.8 Å². The van der Waals surface area contributed by atoms with E-state index in [1.54, 1.807) is 12.2 Å². The summed E-state index contributed by atoms with van der Waals surface area (Å²) in [4.78, 5) is 29.2. The zero-order chi connectivity index (χ0) is 29.5. The van der Waals surface area contributed by atoms with Crippen LogP contribution in [-0.2, 0) is 26.9 Å². The van der Waals surface area contributed by atoms with E-state index in [0.29, 0.717) is 16.7 Å². The molecule has 0 fully saturated rings. The number of benzene rings is 2. The molecule has 2 aromatic heterocycles. The van der Waals surface area contributed by atoms with Crippen LogP contribution in [0.5, 0.6) is 11.8 Å². The SMILES string of the molecule is [C-]#[N+]c1c(Cc2ccccc2)c(C=C=CC=Cc2c(Cc3ccccc3)c(C#N)c(=O)n(C)c2O)c(=O)n(C)c1O. The van der Waals surface area contributed by atoms with Gasteiger partial charge in [-0.2, -0.15) is 5.26 Å². The van der Waals surface area contributed by atoms with Gasteiger partial charge in [0.1, 0.15) is 11.6 Å². The highest BCUT2D eigenvalue weighted by Gasteiger charge is 2.20. The molecular formula is C33H26N4O4. The molecule has 0 aliphatic heterocycles. The third-order valence-electron chi connectivity index (χ3n) is 6.73. The third-order valence-corrected chi connectivity index (χ3v) is 6.73. The lowest BCUT2D eigenvalue weighted by molar-refractivity contribution is 0.420. The molecule has 0 saturated carbocycles. The van der Waals surface area contributed by atoms with E-state index in [1.807, 2.05) is 66.7 Å². The largest absolute Gasteiger partial charge is 0.503 e. The molecule has 4 aromatic rings. The van der Waals surface area contributed by atoms with Gasteiger partial charge < -0.3 is 10.2 Å². The summed E-state index contributed by atoms with van der Waals surface area (Å²) in [5.41, 5.74) is 4.83. The number of allylic oxidation sites excluding steroid dienone is 2. The summed E-state index contributed by atoms with van der Waals surface area (Å²) >= 11 is 0. The first-order chi connectivity index (χ1) is 19.8. The van der Waals surface area contributed by atoms with Crippen molar-refractivity contribution in [2.24, 2.45) is 14.1 Å². The van der Waals surface area contributed by atoms with Gasteiger partial charge in [0.15, 0.2) is 5.88 Å². The number of nitriles is 1. The lowest BCUT2D eigenvalue weighted by Crippen LogP contribution is -2.23. The van der Waals surface area contributed by atoms with Gasteiger partial charge in [-0.05, 0) is 53.3 Å². The second kappa shape index (κ2) is 12.4. The van der Waals surface area contributed by atoms with Crippen LogP contribution in [0, 0.1) is 17.9 Å². The Kier molecular flexibility index (Phi) is 8.50. The molecule has 8 heteroatoms. The molecule has 41 heavy (non-hydrogen) atoms. The molecule has 0 bridgehead atoms. The summed E-state index contributed by atoms with van der Waals surface area (Å²) in [6.07, 6.45) is 6.63. The van der Waals surface area contributed by atoms with Crippen LogP contribution >= 0.6 is 0 Å². The topological polar surface area (TPSA) is 113 Å². The summed E-state index contributed by atoms with van der Waals surface area (Å²) in [6, 6.07) is 20.6. The Morgan fingerprint density at radius 3 is 1.98 bits per heavy atom. The first-order valence-electron chi connectivity index (χ1n) is 12.6. The van der Waals surface area contributed by atoms with Crippen LogP contribution in [0.15, 0.2) is 88.1 Å². The number of aromatic hydroxyl groups is 2. The lowest BCUT2D eigenvalue weighted by Gasteiger charge is -2.13. The van der Waals surface area contributed by atoms with Gasteiger partial charge in [0.2, 0.25) is 11.6 Å². The van der Waals surface area contributed by atoms with Crippen LogP contribution in [0.4, 0.5) is 5.69 Å². The van der Waals surface area contributed by atoms with E-state index in [4.69, 9.17) is 6.57 Å². The zero-order valence-electron chi connectivity index (χ0n) is 22.5. The van der Waals surface area contributed by atoms with E-state index < -0.39 is 17.0 Å². The average molecular weight is 543 g/mol. The standard InChI is InChI=1S/C33H26N4O4/c1-35-29-27(20-23-15-9-5-10-16-23)25(31(39)37(3)33(29)41)18-12-6-11-17-24-26(19-22-13-7-4-8-14-22)28(21-34)32(40)36(2)30(24)38/h4-11,13-18,38,41H,19-20H2,2-3H3. The second-order valence-corrected chi connectivity index (χ2v) is 9.27. The minimum absolute atomic E-state index is 0.00995. The summed E-state index contributed by atoms with van der Waals surface area (Å²) in [6.45, 7) is 7.60. The maximum atomic E-state index is 13.1. The van der Waals surface area contributed by atoms with Crippen molar-refractivity contribution in [2.75, 3.05) is 0 Å². The smallest absolute Gasteiger partial charge is 0.271 e. The average Bonchev–Trinajstić information content (AvgIpc) is 2.99. The van der Waals surface area contributed by atoms with E-state index in [2.05, 4.69) is 10.6 Å². The van der Waals surface area contributed by atoms with Crippen molar-refractivity contribution in [3.05, 3.63) is 150 Å². The highest BCUT2D eigenvalue weighted by atomic mass is 16.3. The maximum Gasteiger partial charge on any atom is 0.271 e. The molecule has 0 saturated heterocycles. The molecule has 0 aliphatic rings. The molecule has 0 atom stereocenters. The lowest BCUT2D eigenvalue weighted by atomic mass is 9.96. The normalized spacial score (nSPS) is 10.5. The van der Waals surface area contributed by atoms with Crippen LogP contribution in [0.25, 0.3) is 17.0 Å². The molecule has 8 nitrogen and oxygen atoms in total. The van der Waals surface area contributed by atoms with Gasteiger partial charge in [-0.3, -0.25) is 18.7 Å². The van der Waals surface area contributed by atoms with Crippen LogP contribution in [0.3, 0.4) is 0 Å². The van der Waals surface area contributed by atoms with Gasteiger partial charge in [-0.25, -0.2) is 4.85 Å². The minimum Gasteiger partial charge on any atom is -0.503 e. The van der Waals surface area contributed by atoms with Crippen molar-refractivity contribution in [3.8, 4) is 17.8 Å². The van der Waals surface area contributed by atoms with E-state index in [9.17, 15) is 25.1 Å². The molecule has 0 aliphatic carbocycles. The zero-order valence-corrected chi connectivity index (χ0v) is 22.5. The van der Waals surface area contributed by atoms with Crippen molar-refractivity contribution in [1.29, 1.82) is 5.26 Å². The van der Waals surface area contributed by atoms with Crippen molar-refractivity contribution in [3.63, 3.8) is 0 Å². The number of hydrogen-bond acceptors (Lipinski definition) is 5. The molecule has 0 radical (unpaired) electrons. The van der Waals surface area contributed by atoms with Gasteiger partial charge >= 0.3 is 0 Å². The van der Waals surface area contributed by atoms with Gasteiger partial charge in [-0.15, -0.1) is 5.73 Å². The van der Waals surface area contributed by atoms with E-state index in [1.165, 1.54) is 26.2 Å². The first kappa shape index (κ1) is 28.2. The van der Waals surface area contributed by atoms with Crippen LogP contribution < -0.4 is 11.1 Å². The number of nitrogens with zero attached hydrogens (tertiary/aromatic N) is 4. The molecule has 0 spiro atoms.